The van der Waals surface area contributed by atoms with E-state index in [0.717, 1.165) is 11.1 Å². The van der Waals surface area contributed by atoms with Gasteiger partial charge in [0.05, 0.1) is 6.10 Å². The molecule has 110 valence electrons. The number of carbonyl (C=O) groups is 1. The van der Waals surface area contributed by atoms with E-state index in [1.807, 2.05) is 22.9 Å². The fraction of sp³-hybridized carbons (Fsp3) is 0.188. The number of nitrogens with one attached hydrogen (secondary N) is 1. The van der Waals surface area contributed by atoms with Crippen LogP contribution >= 0.6 is 22.9 Å². The Bertz CT molecular complexity index is 610. The zero-order chi connectivity index (χ0) is 15.1. The number of rotatable bonds is 6. The zero-order valence-corrected chi connectivity index (χ0v) is 12.9. The Labute approximate surface area is 132 Å². The van der Waals surface area contributed by atoms with E-state index < -0.39 is 6.10 Å². The highest BCUT2D eigenvalue weighted by Crippen LogP contribution is 2.19. The van der Waals surface area contributed by atoms with Crippen molar-refractivity contribution < 1.29 is 9.90 Å². The summed E-state index contributed by atoms with van der Waals surface area (Å²) in [6.07, 6.45) is 3.07. The lowest BCUT2D eigenvalue weighted by Gasteiger charge is -2.11. The summed E-state index contributed by atoms with van der Waals surface area (Å²) >= 11 is 7.46. The number of aliphatic hydroxyl groups is 1. The molecule has 2 rings (SSSR count). The molecule has 0 aliphatic carbocycles. The molecule has 2 N–H and O–H groups in total. The van der Waals surface area contributed by atoms with Crippen LogP contribution in [0, 0.1) is 0 Å². The van der Waals surface area contributed by atoms with Crippen LogP contribution in [0.1, 0.15) is 23.7 Å². The van der Waals surface area contributed by atoms with Crippen LogP contribution in [0.4, 0.5) is 0 Å². The number of carbonyl (C=O) groups excluding carboxylic acids is 1. The van der Waals surface area contributed by atoms with Gasteiger partial charge >= 0.3 is 0 Å². The monoisotopic (exact) mass is 321 g/mol. The summed E-state index contributed by atoms with van der Waals surface area (Å²) in [7, 11) is 0. The minimum atomic E-state index is -0.634. The summed E-state index contributed by atoms with van der Waals surface area (Å²) in [4.78, 5) is 11.6. The summed E-state index contributed by atoms with van der Waals surface area (Å²) in [6.45, 7) is 0.403. The van der Waals surface area contributed by atoms with Gasteiger partial charge in [-0.1, -0.05) is 23.7 Å². The maximum atomic E-state index is 11.6. The van der Waals surface area contributed by atoms with Crippen molar-refractivity contribution in [2.24, 2.45) is 0 Å². The van der Waals surface area contributed by atoms with Crippen molar-refractivity contribution >= 4 is 34.9 Å². The molecule has 0 radical (unpaired) electrons. The highest BCUT2D eigenvalue weighted by molar-refractivity contribution is 7.08. The normalized spacial score (nSPS) is 12.5. The highest BCUT2D eigenvalue weighted by atomic mass is 35.5. The van der Waals surface area contributed by atoms with E-state index in [0.29, 0.717) is 18.0 Å². The van der Waals surface area contributed by atoms with Gasteiger partial charge in [0.15, 0.2) is 0 Å². The molecule has 1 aromatic carbocycles. The number of thiophene rings is 1. The molecule has 5 heteroatoms. The molecule has 1 amide bonds. The third kappa shape index (κ3) is 5.34. The first kappa shape index (κ1) is 15.8. The predicted octanol–water partition coefficient (Wildman–Crippen LogP) is 3.65. The summed E-state index contributed by atoms with van der Waals surface area (Å²) in [6, 6.07) is 9.04. The molecular formula is C16H16ClNO2S. The van der Waals surface area contributed by atoms with Crippen LogP contribution < -0.4 is 5.32 Å². The van der Waals surface area contributed by atoms with Gasteiger partial charge in [0.25, 0.3) is 0 Å². The van der Waals surface area contributed by atoms with E-state index in [-0.39, 0.29) is 5.91 Å². The van der Waals surface area contributed by atoms with Gasteiger partial charge in [0.1, 0.15) is 0 Å². The van der Waals surface area contributed by atoms with Crippen molar-refractivity contribution in [2.45, 2.75) is 12.5 Å². The van der Waals surface area contributed by atoms with E-state index in [2.05, 4.69) is 5.32 Å². The Hall–Kier alpha value is -1.62. The topological polar surface area (TPSA) is 49.3 Å². The average Bonchev–Trinajstić information content (AvgIpc) is 2.98. The lowest BCUT2D eigenvalue weighted by atomic mass is 10.1. The van der Waals surface area contributed by atoms with Crippen molar-refractivity contribution in [2.75, 3.05) is 6.54 Å². The van der Waals surface area contributed by atoms with Crippen molar-refractivity contribution in [1.29, 1.82) is 0 Å². The second kappa shape index (κ2) is 7.98. The van der Waals surface area contributed by atoms with Crippen LogP contribution in [0.2, 0.25) is 5.02 Å². The van der Waals surface area contributed by atoms with E-state index in [1.54, 1.807) is 35.6 Å². The lowest BCUT2D eigenvalue weighted by molar-refractivity contribution is -0.116. The van der Waals surface area contributed by atoms with Gasteiger partial charge in [-0.05, 0) is 52.6 Å². The third-order valence-corrected chi connectivity index (χ3v) is 3.86. The summed E-state index contributed by atoms with van der Waals surface area (Å²) in [5.74, 6) is -0.167. The van der Waals surface area contributed by atoms with Gasteiger partial charge in [-0.3, -0.25) is 4.79 Å². The van der Waals surface area contributed by atoms with Gasteiger partial charge in [-0.15, -0.1) is 0 Å². The number of halogens is 1. The van der Waals surface area contributed by atoms with Crippen LogP contribution in [0.15, 0.2) is 47.2 Å². The SMILES string of the molecule is O=C(/C=C/c1ccsc1)NCC[C@H](O)c1cccc(Cl)c1. The fourth-order valence-corrected chi connectivity index (χ4v) is 2.64. The first-order valence-electron chi connectivity index (χ1n) is 6.57. The quantitative estimate of drug-likeness (QED) is 0.798. The Balaban J connectivity index is 1.75. The molecule has 0 saturated carbocycles. The van der Waals surface area contributed by atoms with E-state index in [4.69, 9.17) is 11.6 Å². The lowest BCUT2D eigenvalue weighted by Crippen LogP contribution is -2.23. The zero-order valence-electron chi connectivity index (χ0n) is 11.3. The van der Waals surface area contributed by atoms with Crippen molar-refractivity contribution in [3.8, 4) is 0 Å². The molecule has 0 aliphatic heterocycles. The smallest absolute Gasteiger partial charge is 0.244 e. The van der Waals surface area contributed by atoms with Gasteiger partial charge in [-0.2, -0.15) is 11.3 Å². The Morgan fingerprint density at radius 2 is 2.29 bits per heavy atom. The number of amides is 1. The van der Waals surface area contributed by atoms with Gasteiger partial charge in [0.2, 0.25) is 5.91 Å². The summed E-state index contributed by atoms with van der Waals surface area (Å²) in [5, 5.41) is 17.3. The van der Waals surface area contributed by atoms with Crippen LogP contribution in [-0.4, -0.2) is 17.6 Å². The van der Waals surface area contributed by atoms with Gasteiger partial charge in [-0.25, -0.2) is 0 Å². The third-order valence-electron chi connectivity index (χ3n) is 2.92. The standard InChI is InChI=1S/C16H16ClNO2S/c17-14-3-1-2-13(10-14)15(19)6-8-18-16(20)5-4-12-7-9-21-11-12/h1-5,7,9-11,15,19H,6,8H2,(H,18,20)/b5-4+/t15-/m0/s1. The minimum Gasteiger partial charge on any atom is -0.388 e. The second-order valence-corrected chi connectivity index (χ2v) is 5.76. The number of hydrogen-bond acceptors (Lipinski definition) is 3. The van der Waals surface area contributed by atoms with Crippen LogP contribution in [0.3, 0.4) is 0 Å². The fourth-order valence-electron chi connectivity index (χ4n) is 1.81. The molecule has 0 unspecified atom stereocenters. The molecule has 0 fully saturated rings. The molecule has 0 spiro atoms. The largest absolute Gasteiger partial charge is 0.388 e. The van der Waals surface area contributed by atoms with Crippen molar-refractivity contribution in [3.63, 3.8) is 0 Å². The first-order chi connectivity index (χ1) is 10.1. The summed E-state index contributed by atoms with van der Waals surface area (Å²) in [5.41, 5.74) is 1.76. The second-order valence-electron chi connectivity index (χ2n) is 4.54. The first-order valence-corrected chi connectivity index (χ1v) is 7.89. The molecular weight excluding hydrogens is 306 g/mol. The molecule has 0 bridgehead atoms. The predicted molar refractivity (Wildman–Crippen MR) is 87.4 cm³/mol. The Kier molecular flexibility index (Phi) is 5.99. The Morgan fingerprint density at radius 1 is 1.43 bits per heavy atom. The molecule has 1 heterocycles. The maximum absolute atomic E-state index is 11.6. The molecule has 3 nitrogen and oxygen atoms in total. The van der Waals surface area contributed by atoms with E-state index >= 15 is 0 Å². The molecule has 21 heavy (non-hydrogen) atoms. The number of benzene rings is 1. The maximum Gasteiger partial charge on any atom is 0.244 e. The molecule has 1 atom stereocenters. The van der Waals surface area contributed by atoms with Crippen LogP contribution in [0.25, 0.3) is 6.08 Å². The van der Waals surface area contributed by atoms with Crippen molar-refractivity contribution in [1.82, 2.24) is 5.32 Å². The van der Waals surface area contributed by atoms with E-state index in [9.17, 15) is 9.90 Å². The molecule has 1 aromatic heterocycles. The van der Waals surface area contributed by atoms with Gasteiger partial charge < -0.3 is 10.4 Å². The molecule has 2 aromatic rings. The van der Waals surface area contributed by atoms with Crippen LogP contribution in [0.5, 0.6) is 0 Å². The van der Waals surface area contributed by atoms with Gasteiger partial charge in [0, 0.05) is 17.6 Å². The Morgan fingerprint density at radius 3 is 3.00 bits per heavy atom. The number of aliphatic hydroxyl groups excluding tert-OH is 1. The molecule has 0 aliphatic rings. The minimum absolute atomic E-state index is 0.167. The molecule has 0 saturated heterocycles. The summed E-state index contributed by atoms with van der Waals surface area (Å²) < 4.78 is 0. The highest BCUT2D eigenvalue weighted by Gasteiger charge is 2.08. The number of hydrogen-bond donors (Lipinski definition) is 2. The van der Waals surface area contributed by atoms with Crippen molar-refractivity contribution in [3.05, 3.63) is 63.3 Å². The van der Waals surface area contributed by atoms with Crippen LogP contribution in [-0.2, 0) is 4.79 Å². The van der Waals surface area contributed by atoms with E-state index in [1.165, 1.54) is 6.08 Å². The average molecular weight is 322 g/mol.